The fraction of sp³-hybridized carbons (Fsp3) is 0.727. The molecule has 7 nitrogen and oxygen atoms in total. The minimum absolute atomic E-state index is 0.0652. The number of carbonyl (C=O) groups is 1. The van der Waals surface area contributed by atoms with Crippen molar-refractivity contribution in [2.75, 3.05) is 11.9 Å². The number of amides is 1. The van der Waals surface area contributed by atoms with Crippen molar-refractivity contribution in [3.8, 4) is 0 Å². The normalized spacial score (nSPS) is 30.8. The number of nitrogens with two attached hydrogens (primary N) is 1. The van der Waals surface area contributed by atoms with E-state index in [9.17, 15) is 4.79 Å². The topological polar surface area (TPSA) is 95.1 Å². The van der Waals surface area contributed by atoms with E-state index in [1.54, 1.807) is 4.68 Å². The van der Waals surface area contributed by atoms with Gasteiger partial charge in [-0.3, -0.25) is 4.79 Å². The molecule has 0 bridgehead atoms. The van der Waals surface area contributed by atoms with Crippen molar-refractivity contribution in [2.45, 2.75) is 44.4 Å². The van der Waals surface area contributed by atoms with E-state index in [-0.39, 0.29) is 18.0 Å². The standard InChI is InChI=1S/C11H17N5O2/c1-6-2-3-8(18-6)7-4-5-13-11-14-10(9(12)17)15-16(7)11/h6-8H,2-5H2,1H3,(H2,12,17)(H,13,14,15). The third-order valence-electron chi connectivity index (χ3n) is 3.58. The third kappa shape index (κ3) is 1.84. The first-order valence-electron chi connectivity index (χ1n) is 6.31. The van der Waals surface area contributed by atoms with Crippen LogP contribution in [0.25, 0.3) is 0 Å². The summed E-state index contributed by atoms with van der Waals surface area (Å²) in [5.74, 6) is 0.0804. The lowest BCUT2D eigenvalue weighted by Crippen LogP contribution is -2.32. The van der Waals surface area contributed by atoms with E-state index in [1.165, 1.54) is 0 Å². The van der Waals surface area contributed by atoms with Crippen LogP contribution in [0.5, 0.6) is 0 Å². The molecule has 1 fully saturated rings. The average Bonchev–Trinajstić information content (AvgIpc) is 2.94. The first-order valence-corrected chi connectivity index (χ1v) is 6.31. The first kappa shape index (κ1) is 11.5. The SMILES string of the molecule is CC1CCC(C2CCNc3nc(C(N)=O)nn32)O1. The van der Waals surface area contributed by atoms with Crippen LogP contribution >= 0.6 is 0 Å². The fourth-order valence-electron chi connectivity index (χ4n) is 2.69. The Balaban J connectivity index is 1.89. The van der Waals surface area contributed by atoms with Crippen LogP contribution in [0.3, 0.4) is 0 Å². The van der Waals surface area contributed by atoms with Gasteiger partial charge in [0.1, 0.15) is 0 Å². The van der Waals surface area contributed by atoms with Crippen LogP contribution in [-0.4, -0.2) is 39.4 Å². The van der Waals surface area contributed by atoms with Crippen LogP contribution in [0, 0.1) is 0 Å². The van der Waals surface area contributed by atoms with Crippen LogP contribution in [0.1, 0.15) is 42.8 Å². The highest BCUT2D eigenvalue weighted by Crippen LogP contribution is 2.33. The zero-order valence-corrected chi connectivity index (χ0v) is 10.3. The number of aromatic nitrogens is 3. The first-order chi connectivity index (χ1) is 8.65. The molecule has 0 radical (unpaired) electrons. The Kier molecular flexibility index (Phi) is 2.70. The van der Waals surface area contributed by atoms with Crippen molar-refractivity contribution in [1.29, 1.82) is 0 Å². The molecule has 1 aromatic heterocycles. The Morgan fingerprint density at radius 2 is 2.33 bits per heavy atom. The van der Waals surface area contributed by atoms with E-state index in [1.807, 2.05) is 0 Å². The van der Waals surface area contributed by atoms with Crippen LogP contribution in [-0.2, 0) is 4.74 Å². The van der Waals surface area contributed by atoms with E-state index in [4.69, 9.17) is 10.5 Å². The summed E-state index contributed by atoms with van der Waals surface area (Å²) >= 11 is 0. The quantitative estimate of drug-likeness (QED) is 0.788. The monoisotopic (exact) mass is 251 g/mol. The Morgan fingerprint density at radius 3 is 3.00 bits per heavy atom. The molecule has 0 aliphatic carbocycles. The van der Waals surface area contributed by atoms with Gasteiger partial charge >= 0.3 is 0 Å². The van der Waals surface area contributed by atoms with Crippen molar-refractivity contribution < 1.29 is 9.53 Å². The van der Waals surface area contributed by atoms with Gasteiger partial charge in [-0.05, 0) is 26.2 Å². The van der Waals surface area contributed by atoms with Gasteiger partial charge in [-0.1, -0.05) is 0 Å². The zero-order chi connectivity index (χ0) is 12.7. The molecule has 2 aliphatic rings. The lowest BCUT2D eigenvalue weighted by atomic mass is 10.0. The molecule has 0 spiro atoms. The molecular formula is C11H17N5O2. The predicted molar refractivity (Wildman–Crippen MR) is 64.3 cm³/mol. The largest absolute Gasteiger partial charge is 0.373 e. The molecule has 1 aromatic rings. The van der Waals surface area contributed by atoms with Crippen LogP contribution < -0.4 is 11.1 Å². The maximum Gasteiger partial charge on any atom is 0.288 e. The molecule has 0 saturated carbocycles. The maximum absolute atomic E-state index is 11.1. The van der Waals surface area contributed by atoms with E-state index in [0.29, 0.717) is 12.1 Å². The van der Waals surface area contributed by atoms with E-state index < -0.39 is 5.91 Å². The summed E-state index contributed by atoms with van der Waals surface area (Å²) in [5.41, 5.74) is 5.21. The van der Waals surface area contributed by atoms with Crippen LogP contribution in [0.15, 0.2) is 0 Å². The average molecular weight is 251 g/mol. The summed E-state index contributed by atoms with van der Waals surface area (Å²) in [6.07, 6.45) is 3.47. The number of nitrogens with zero attached hydrogens (tertiary/aromatic N) is 3. The Hall–Kier alpha value is -1.63. The summed E-state index contributed by atoms with van der Waals surface area (Å²) in [5, 5.41) is 7.32. The van der Waals surface area contributed by atoms with Gasteiger partial charge in [0.2, 0.25) is 11.8 Å². The minimum Gasteiger partial charge on any atom is -0.373 e. The van der Waals surface area contributed by atoms with E-state index in [2.05, 4.69) is 22.3 Å². The van der Waals surface area contributed by atoms with Crippen molar-refractivity contribution in [1.82, 2.24) is 14.8 Å². The smallest absolute Gasteiger partial charge is 0.288 e. The predicted octanol–water partition coefficient (Wildman–Crippen LogP) is 0.301. The minimum atomic E-state index is -0.599. The number of hydrogen-bond donors (Lipinski definition) is 2. The van der Waals surface area contributed by atoms with Crippen molar-refractivity contribution >= 4 is 11.9 Å². The van der Waals surface area contributed by atoms with Gasteiger partial charge in [-0.25, -0.2) is 4.68 Å². The lowest BCUT2D eigenvalue weighted by molar-refractivity contribution is 0.0171. The van der Waals surface area contributed by atoms with Gasteiger partial charge in [0.05, 0.1) is 18.2 Å². The Morgan fingerprint density at radius 1 is 1.50 bits per heavy atom. The van der Waals surface area contributed by atoms with Gasteiger partial charge in [0.25, 0.3) is 5.91 Å². The number of anilines is 1. The van der Waals surface area contributed by atoms with Gasteiger partial charge in [-0.2, -0.15) is 4.98 Å². The second-order valence-electron chi connectivity index (χ2n) is 4.91. The molecule has 3 atom stereocenters. The summed E-state index contributed by atoms with van der Waals surface area (Å²) < 4.78 is 7.65. The summed E-state index contributed by atoms with van der Waals surface area (Å²) in [6, 6.07) is 0.145. The highest BCUT2D eigenvalue weighted by molar-refractivity contribution is 5.89. The molecule has 3 N–H and O–H groups in total. The molecule has 3 rings (SSSR count). The van der Waals surface area contributed by atoms with Gasteiger partial charge < -0.3 is 15.8 Å². The molecule has 3 heterocycles. The van der Waals surface area contributed by atoms with Crippen molar-refractivity contribution in [3.05, 3.63) is 5.82 Å². The lowest BCUT2D eigenvalue weighted by Gasteiger charge is -2.28. The third-order valence-corrected chi connectivity index (χ3v) is 3.58. The van der Waals surface area contributed by atoms with Crippen LogP contribution in [0.4, 0.5) is 5.95 Å². The highest BCUT2D eigenvalue weighted by Gasteiger charge is 2.35. The second-order valence-corrected chi connectivity index (χ2v) is 4.91. The number of hydrogen-bond acceptors (Lipinski definition) is 5. The Bertz CT molecular complexity index is 472. The number of fused-ring (bicyclic) bond motifs is 1. The van der Waals surface area contributed by atoms with Gasteiger partial charge in [0.15, 0.2) is 0 Å². The summed E-state index contributed by atoms with van der Waals surface area (Å²) in [6.45, 7) is 2.90. The van der Waals surface area contributed by atoms with Gasteiger partial charge in [-0.15, -0.1) is 5.10 Å². The number of nitrogens with one attached hydrogen (secondary N) is 1. The summed E-state index contributed by atoms with van der Waals surface area (Å²) in [4.78, 5) is 15.2. The van der Waals surface area contributed by atoms with Crippen molar-refractivity contribution in [2.24, 2.45) is 5.73 Å². The number of ether oxygens (including phenoxy) is 1. The molecule has 1 saturated heterocycles. The van der Waals surface area contributed by atoms with Crippen LogP contribution in [0.2, 0.25) is 0 Å². The molecule has 18 heavy (non-hydrogen) atoms. The maximum atomic E-state index is 11.1. The molecule has 7 heteroatoms. The molecule has 98 valence electrons. The van der Waals surface area contributed by atoms with Gasteiger partial charge in [0, 0.05) is 6.54 Å². The molecular weight excluding hydrogens is 234 g/mol. The molecule has 1 amide bonds. The second kappa shape index (κ2) is 4.24. The number of primary amides is 1. The highest BCUT2D eigenvalue weighted by atomic mass is 16.5. The van der Waals surface area contributed by atoms with Crippen molar-refractivity contribution in [3.63, 3.8) is 0 Å². The van der Waals surface area contributed by atoms with E-state index in [0.717, 1.165) is 25.8 Å². The molecule has 3 unspecified atom stereocenters. The summed E-state index contributed by atoms with van der Waals surface area (Å²) in [7, 11) is 0. The number of rotatable bonds is 2. The fourth-order valence-corrected chi connectivity index (χ4v) is 2.69. The molecule has 2 aliphatic heterocycles. The van der Waals surface area contributed by atoms with E-state index >= 15 is 0 Å². The Labute approximate surface area is 105 Å². The number of carbonyl (C=O) groups excluding carboxylic acids is 1. The zero-order valence-electron chi connectivity index (χ0n) is 10.3. The molecule has 0 aromatic carbocycles.